The minimum Gasteiger partial charge on any atom is -0.334 e. The lowest BCUT2D eigenvalue weighted by Gasteiger charge is -2.18. The van der Waals surface area contributed by atoms with Gasteiger partial charge in [-0.2, -0.15) is 0 Å². The van der Waals surface area contributed by atoms with E-state index in [4.69, 9.17) is 5.73 Å². The molecule has 74 valence electrons. The molecule has 1 heterocycles. The number of hydrogen-bond acceptors (Lipinski definition) is 2. The van der Waals surface area contributed by atoms with Crippen LogP contribution in [0.15, 0.2) is 12.4 Å². The van der Waals surface area contributed by atoms with Gasteiger partial charge >= 0.3 is 0 Å². The fourth-order valence-electron chi connectivity index (χ4n) is 1.39. The molecule has 0 aliphatic carbocycles. The van der Waals surface area contributed by atoms with Gasteiger partial charge in [-0.25, -0.2) is 4.98 Å². The summed E-state index contributed by atoms with van der Waals surface area (Å²) in [6, 6.07) is 0.0694. The van der Waals surface area contributed by atoms with E-state index in [1.54, 1.807) is 0 Å². The van der Waals surface area contributed by atoms with Gasteiger partial charge in [0.2, 0.25) is 0 Å². The predicted molar refractivity (Wildman–Crippen MR) is 54.3 cm³/mol. The SMILES string of the molecule is CCC(C)C(N)c1nccn1CC. The van der Waals surface area contributed by atoms with Crippen LogP contribution in [0.3, 0.4) is 0 Å². The number of nitrogens with zero attached hydrogens (tertiary/aromatic N) is 2. The summed E-state index contributed by atoms with van der Waals surface area (Å²) in [5, 5.41) is 0. The van der Waals surface area contributed by atoms with Crippen LogP contribution in [-0.4, -0.2) is 9.55 Å². The summed E-state index contributed by atoms with van der Waals surface area (Å²) < 4.78 is 2.11. The van der Waals surface area contributed by atoms with Crippen LogP contribution in [0.4, 0.5) is 0 Å². The Bertz CT molecular complexity index is 254. The normalized spacial score (nSPS) is 15.7. The van der Waals surface area contributed by atoms with Crippen molar-refractivity contribution in [3.05, 3.63) is 18.2 Å². The highest BCUT2D eigenvalue weighted by atomic mass is 15.1. The van der Waals surface area contributed by atoms with Crippen LogP contribution in [0.5, 0.6) is 0 Å². The Morgan fingerprint density at radius 3 is 2.77 bits per heavy atom. The maximum atomic E-state index is 6.09. The molecule has 0 aliphatic rings. The molecule has 0 amide bonds. The molecule has 0 radical (unpaired) electrons. The molecule has 0 bridgehead atoms. The van der Waals surface area contributed by atoms with E-state index in [9.17, 15) is 0 Å². The van der Waals surface area contributed by atoms with Gasteiger partial charge in [-0.3, -0.25) is 0 Å². The van der Waals surface area contributed by atoms with E-state index < -0.39 is 0 Å². The molecule has 13 heavy (non-hydrogen) atoms. The quantitative estimate of drug-likeness (QED) is 0.771. The van der Waals surface area contributed by atoms with Gasteiger partial charge in [0.05, 0.1) is 6.04 Å². The van der Waals surface area contributed by atoms with E-state index in [0.29, 0.717) is 5.92 Å². The zero-order chi connectivity index (χ0) is 9.84. The van der Waals surface area contributed by atoms with Crippen molar-refractivity contribution in [2.75, 3.05) is 0 Å². The van der Waals surface area contributed by atoms with Gasteiger partial charge in [0.15, 0.2) is 0 Å². The molecule has 2 N–H and O–H groups in total. The van der Waals surface area contributed by atoms with Crippen molar-refractivity contribution in [3.63, 3.8) is 0 Å². The molecular formula is C10H19N3. The molecule has 1 aromatic heterocycles. The van der Waals surface area contributed by atoms with Crippen molar-refractivity contribution in [2.24, 2.45) is 11.7 Å². The van der Waals surface area contributed by atoms with Crippen LogP contribution >= 0.6 is 0 Å². The average Bonchev–Trinajstić information content (AvgIpc) is 2.62. The number of rotatable bonds is 4. The van der Waals surface area contributed by atoms with Gasteiger partial charge < -0.3 is 10.3 Å². The molecule has 1 aromatic rings. The van der Waals surface area contributed by atoms with Crippen LogP contribution in [0.25, 0.3) is 0 Å². The van der Waals surface area contributed by atoms with Gasteiger partial charge in [-0.05, 0) is 12.8 Å². The van der Waals surface area contributed by atoms with Crippen molar-refractivity contribution in [1.29, 1.82) is 0 Å². The smallest absolute Gasteiger partial charge is 0.125 e. The van der Waals surface area contributed by atoms with Crippen molar-refractivity contribution >= 4 is 0 Å². The topological polar surface area (TPSA) is 43.8 Å². The Morgan fingerprint density at radius 2 is 2.23 bits per heavy atom. The summed E-state index contributed by atoms with van der Waals surface area (Å²) in [6.45, 7) is 7.37. The summed E-state index contributed by atoms with van der Waals surface area (Å²) in [4.78, 5) is 4.29. The van der Waals surface area contributed by atoms with Crippen LogP contribution in [0, 0.1) is 5.92 Å². The molecule has 1 rings (SSSR count). The Hall–Kier alpha value is -0.830. The standard InChI is InChI=1S/C10H19N3/c1-4-8(3)9(11)10-12-6-7-13(10)5-2/h6-9H,4-5,11H2,1-3H3. The van der Waals surface area contributed by atoms with E-state index in [-0.39, 0.29) is 6.04 Å². The maximum Gasteiger partial charge on any atom is 0.125 e. The highest BCUT2D eigenvalue weighted by molar-refractivity contribution is 4.99. The summed E-state index contributed by atoms with van der Waals surface area (Å²) in [6.07, 6.45) is 4.90. The molecular weight excluding hydrogens is 162 g/mol. The number of aromatic nitrogens is 2. The lowest BCUT2D eigenvalue weighted by atomic mass is 9.99. The minimum atomic E-state index is 0.0694. The van der Waals surface area contributed by atoms with E-state index in [1.165, 1.54) is 0 Å². The summed E-state index contributed by atoms with van der Waals surface area (Å²) in [5.41, 5.74) is 6.09. The second kappa shape index (κ2) is 4.42. The zero-order valence-corrected chi connectivity index (χ0v) is 8.70. The van der Waals surface area contributed by atoms with Crippen molar-refractivity contribution < 1.29 is 0 Å². The Balaban J connectivity index is 2.81. The first-order chi connectivity index (χ1) is 6.20. The number of aryl methyl sites for hydroxylation is 1. The average molecular weight is 181 g/mol. The third kappa shape index (κ3) is 2.10. The van der Waals surface area contributed by atoms with Gasteiger partial charge in [-0.15, -0.1) is 0 Å². The lowest BCUT2D eigenvalue weighted by Crippen LogP contribution is -2.22. The summed E-state index contributed by atoms with van der Waals surface area (Å²) in [5.74, 6) is 1.50. The number of hydrogen-bond donors (Lipinski definition) is 1. The van der Waals surface area contributed by atoms with Crippen molar-refractivity contribution in [1.82, 2.24) is 9.55 Å². The monoisotopic (exact) mass is 181 g/mol. The van der Waals surface area contributed by atoms with E-state index in [1.807, 2.05) is 12.4 Å². The first kappa shape index (κ1) is 10.3. The molecule has 0 saturated heterocycles. The zero-order valence-electron chi connectivity index (χ0n) is 8.70. The van der Waals surface area contributed by atoms with Crippen LogP contribution in [0.1, 0.15) is 39.1 Å². The molecule has 2 atom stereocenters. The second-order valence-corrected chi connectivity index (χ2v) is 3.48. The number of nitrogens with two attached hydrogens (primary N) is 1. The third-order valence-electron chi connectivity index (χ3n) is 2.64. The minimum absolute atomic E-state index is 0.0694. The van der Waals surface area contributed by atoms with Crippen LogP contribution in [-0.2, 0) is 6.54 Å². The predicted octanol–water partition coefficient (Wildman–Crippen LogP) is 1.95. The Kier molecular flexibility index (Phi) is 3.48. The molecule has 3 nitrogen and oxygen atoms in total. The molecule has 0 saturated carbocycles. The molecule has 0 aromatic carbocycles. The summed E-state index contributed by atoms with van der Waals surface area (Å²) >= 11 is 0. The van der Waals surface area contributed by atoms with E-state index >= 15 is 0 Å². The first-order valence-electron chi connectivity index (χ1n) is 4.97. The molecule has 3 heteroatoms. The van der Waals surface area contributed by atoms with Gasteiger partial charge in [0, 0.05) is 18.9 Å². The molecule has 0 spiro atoms. The van der Waals surface area contributed by atoms with Crippen LogP contribution in [0.2, 0.25) is 0 Å². The van der Waals surface area contributed by atoms with Gasteiger partial charge in [0.25, 0.3) is 0 Å². The lowest BCUT2D eigenvalue weighted by molar-refractivity contribution is 0.425. The number of imidazole rings is 1. The fourth-order valence-corrected chi connectivity index (χ4v) is 1.39. The molecule has 2 unspecified atom stereocenters. The highest BCUT2D eigenvalue weighted by Gasteiger charge is 2.17. The van der Waals surface area contributed by atoms with E-state index in [0.717, 1.165) is 18.8 Å². The largest absolute Gasteiger partial charge is 0.334 e. The van der Waals surface area contributed by atoms with Crippen molar-refractivity contribution in [3.8, 4) is 0 Å². The van der Waals surface area contributed by atoms with Crippen molar-refractivity contribution in [2.45, 2.75) is 39.8 Å². The van der Waals surface area contributed by atoms with Gasteiger partial charge in [0.1, 0.15) is 5.82 Å². The third-order valence-corrected chi connectivity index (χ3v) is 2.64. The van der Waals surface area contributed by atoms with E-state index in [2.05, 4.69) is 30.3 Å². The van der Waals surface area contributed by atoms with Crippen LogP contribution < -0.4 is 5.73 Å². The second-order valence-electron chi connectivity index (χ2n) is 3.48. The Morgan fingerprint density at radius 1 is 1.54 bits per heavy atom. The van der Waals surface area contributed by atoms with Gasteiger partial charge in [-0.1, -0.05) is 20.3 Å². The summed E-state index contributed by atoms with van der Waals surface area (Å²) in [7, 11) is 0. The molecule has 0 aliphatic heterocycles. The Labute approximate surface area is 80.0 Å². The highest BCUT2D eigenvalue weighted by Crippen LogP contribution is 2.19. The molecule has 0 fully saturated rings. The maximum absolute atomic E-state index is 6.09. The fraction of sp³-hybridized carbons (Fsp3) is 0.700. The first-order valence-corrected chi connectivity index (χ1v) is 4.97.